The summed E-state index contributed by atoms with van der Waals surface area (Å²) in [6.07, 6.45) is 0.962. The molecule has 0 amide bonds. The second-order valence-corrected chi connectivity index (χ2v) is 23.7. The number of carbonyl (C=O) groups excluding carboxylic acids is 2. The third kappa shape index (κ3) is 12.9. The molecule has 0 saturated carbocycles. The van der Waals surface area contributed by atoms with Gasteiger partial charge < -0.3 is 0 Å². The van der Waals surface area contributed by atoms with Crippen LogP contribution in [-0.4, -0.2) is 32.5 Å². The number of Topliss-reactive ketones (excluding diaryl/α,β-unsaturated/α-hetero) is 2. The summed E-state index contributed by atoms with van der Waals surface area (Å²) >= 11 is 0. The van der Waals surface area contributed by atoms with E-state index in [1.807, 2.05) is 97.1 Å². The summed E-state index contributed by atoms with van der Waals surface area (Å²) < 4.78 is 59.3. The minimum Gasteiger partial charge on any atom is -0.290 e. The van der Waals surface area contributed by atoms with Crippen LogP contribution in [0, 0.1) is 0 Å². The first kappa shape index (κ1) is 46.3. The predicted molar refractivity (Wildman–Crippen MR) is 254 cm³/mol. The van der Waals surface area contributed by atoms with Crippen molar-refractivity contribution >= 4 is 66.5 Å². The summed E-state index contributed by atoms with van der Waals surface area (Å²) in [6, 6.07) is 82.4. The first-order valence-corrected chi connectivity index (χ1v) is 26.2. The van der Waals surface area contributed by atoms with Gasteiger partial charge in [0.2, 0.25) is 11.6 Å². The van der Waals surface area contributed by atoms with Gasteiger partial charge in [-0.3, -0.25) is 9.59 Å². The van der Waals surface area contributed by atoms with Gasteiger partial charge in [0.15, 0.2) is 0 Å². The molecule has 63 heavy (non-hydrogen) atoms. The molecule has 320 valence electrons. The van der Waals surface area contributed by atoms with Crippen LogP contribution in [0.5, 0.6) is 0 Å². The van der Waals surface area contributed by atoms with Crippen LogP contribution in [0.1, 0.15) is 20.7 Å². The average Bonchev–Trinajstić information content (AvgIpc) is 3.31. The van der Waals surface area contributed by atoms with E-state index < -0.39 is 23.2 Å². The zero-order valence-electron chi connectivity index (χ0n) is 34.0. The second kappa shape index (κ2) is 19.4. The van der Waals surface area contributed by atoms with Crippen LogP contribution < -0.4 is 31.8 Å². The zero-order chi connectivity index (χ0) is 44.9. The Kier molecular flexibility index (Phi) is 14.3. The molecule has 0 heterocycles. The molecule has 8 aromatic carbocycles. The second-order valence-electron chi connectivity index (χ2n) is 14.6. The number of ketones is 2. The van der Waals surface area contributed by atoms with E-state index in [0.29, 0.717) is 12.3 Å². The monoisotopic (exact) mass is 904 g/mol. The van der Waals surface area contributed by atoms with Crippen molar-refractivity contribution in [3.63, 3.8) is 0 Å². The topological polar surface area (TPSA) is 34.1 Å². The van der Waals surface area contributed by atoms with Crippen LogP contribution in [0.2, 0.25) is 0 Å². The van der Waals surface area contributed by atoms with Gasteiger partial charge in [0.25, 0.3) is 0 Å². The van der Waals surface area contributed by atoms with Gasteiger partial charge in [-0.05, 0) is 72.8 Å². The number of benzene rings is 8. The van der Waals surface area contributed by atoms with Crippen LogP contribution >= 0.6 is 14.5 Å². The molecule has 2 nitrogen and oxygen atoms in total. The average molecular weight is 905 g/mol. The Bertz CT molecular complexity index is 2290. The van der Waals surface area contributed by atoms with E-state index >= 15 is 0 Å². The summed E-state index contributed by atoms with van der Waals surface area (Å²) in [5.41, 5.74) is 1.55. The molecular formula is C52H44F6O2P2Si. The fourth-order valence-corrected chi connectivity index (χ4v) is 15.6. The molecular weight excluding hydrogens is 861 g/mol. The van der Waals surface area contributed by atoms with Crippen molar-refractivity contribution in [2.45, 2.75) is 0 Å². The van der Waals surface area contributed by atoms with Gasteiger partial charge in [0.05, 0.1) is 0 Å². The molecule has 0 N–H and O–H groups in total. The molecule has 0 aliphatic carbocycles. The summed E-state index contributed by atoms with van der Waals surface area (Å²) in [6.45, 7) is 0. The Morgan fingerprint density at radius 1 is 0.286 bits per heavy atom. The maximum absolute atomic E-state index is 13.4. The Hall–Kier alpha value is -6.24. The van der Waals surface area contributed by atoms with Crippen LogP contribution in [0.3, 0.4) is 0 Å². The molecule has 0 bridgehead atoms. The largest absolute Gasteiger partial charge is 0.290 e. The molecule has 8 aromatic rings. The summed E-state index contributed by atoms with van der Waals surface area (Å²) in [7, 11) is -15.1. The molecule has 8 rings (SSSR count). The number of carbonyl (C=O) groups is 2. The molecule has 0 aromatic heterocycles. The van der Waals surface area contributed by atoms with E-state index in [1.165, 1.54) is 31.8 Å². The first-order chi connectivity index (χ1) is 30.1. The fourth-order valence-electron chi connectivity index (χ4n) is 7.40. The standard InChI is InChI=1S/2C26H22OP.F6Si/c2*27-26(22-13-5-1-6-14-22)21-28(23-15-7-2-8-16-23,24-17-9-3-10-18-24)25-19-11-4-12-20-25;1-7(2,3,4,5)6/h2*1-20H,21H2;/q2*+1;-2. The summed E-state index contributed by atoms with van der Waals surface area (Å²) in [5.74, 6) is 0.371. The maximum Gasteiger partial charge on any atom is 0.201 e. The smallest absolute Gasteiger partial charge is 0.201 e. The van der Waals surface area contributed by atoms with E-state index in [-0.39, 0.29) is 11.6 Å². The molecule has 0 atom stereocenters. The minimum atomic E-state index is -10.8. The number of hydrogen-bond donors (Lipinski definition) is 0. The molecule has 0 spiro atoms. The van der Waals surface area contributed by atoms with Crippen molar-refractivity contribution in [1.82, 2.24) is 0 Å². The van der Waals surface area contributed by atoms with E-state index in [9.17, 15) is 34.2 Å². The molecule has 0 fully saturated rings. The van der Waals surface area contributed by atoms with Crippen molar-refractivity contribution in [3.8, 4) is 0 Å². The van der Waals surface area contributed by atoms with E-state index in [4.69, 9.17) is 0 Å². The molecule has 11 heteroatoms. The van der Waals surface area contributed by atoms with Crippen molar-refractivity contribution < 1.29 is 34.2 Å². The molecule has 0 aliphatic heterocycles. The van der Waals surface area contributed by atoms with Gasteiger partial charge in [-0.25, -0.2) is 0 Å². The van der Waals surface area contributed by atoms with Gasteiger partial charge in [-0.1, -0.05) is 170 Å². The molecule has 0 saturated heterocycles. The summed E-state index contributed by atoms with van der Waals surface area (Å²) in [4.78, 5) is 26.8. The Labute approximate surface area is 365 Å². The van der Waals surface area contributed by atoms with Gasteiger partial charge in [-0.15, -0.1) is 0 Å². The van der Waals surface area contributed by atoms with E-state index in [2.05, 4.69) is 146 Å². The van der Waals surface area contributed by atoms with Crippen molar-refractivity contribution in [1.29, 1.82) is 0 Å². The van der Waals surface area contributed by atoms with Crippen molar-refractivity contribution in [2.24, 2.45) is 0 Å². The Morgan fingerprint density at radius 2 is 0.429 bits per heavy atom. The van der Waals surface area contributed by atoms with E-state index in [1.54, 1.807) is 0 Å². The van der Waals surface area contributed by atoms with Gasteiger partial charge in [-0.2, -0.15) is 0 Å². The molecule has 0 radical (unpaired) electrons. The number of hydrogen-bond acceptors (Lipinski definition) is 2. The Balaban J connectivity index is 0.000000182. The predicted octanol–water partition coefficient (Wildman–Crippen LogP) is 11.9. The zero-order valence-corrected chi connectivity index (χ0v) is 36.8. The first-order valence-electron chi connectivity index (χ1n) is 20.0. The molecule has 0 unspecified atom stereocenters. The molecule has 0 aliphatic rings. The third-order valence-electron chi connectivity index (χ3n) is 10.1. The van der Waals surface area contributed by atoms with Gasteiger partial charge >= 0.3 is 33.3 Å². The number of halogens is 6. The van der Waals surface area contributed by atoms with Gasteiger partial charge in [0, 0.05) is 11.1 Å². The SMILES string of the molecule is F[Si-2](F)(F)(F)(F)F.O=C(C[P+](c1ccccc1)(c1ccccc1)c1ccccc1)c1ccccc1.O=C(C[P+](c1ccccc1)(c1ccccc1)c1ccccc1)c1ccccc1. The van der Waals surface area contributed by atoms with Crippen LogP contribution in [0.4, 0.5) is 24.6 Å². The van der Waals surface area contributed by atoms with Crippen LogP contribution in [-0.2, 0) is 0 Å². The quantitative estimate of drug-likeness (QED) is 0.0402. The summed E-state index contributed by atoms with van der Waals surface area (Å²) in [5, 5.41) is 7.40. The van der Waals surface area contributed by atoms with E-state index in [0.717, 1.165) is 11.1 Å². The van der Waals surface area contributed by atoms with Crippen LogP contribution in [0.25, 0.3) is 0 Å². The normalized spacial score (nSPS) is 12.5. The van der Waals surface area contributed by atoms with Crippen molar-refractivity contribution in [2.75, 3.05) is 12.3 Å². The maximum atomic E-state index is 13.4. The number of rotatable bonds is 12. The van der Waals surface area contributed by atoms with Gasteiger partial charge in [0.1, 0.15) is 58.7 Å². The fraction of sp³-hybridized carbons (Fsp3) is 0.0385. The van der Waals surface area contributed by atoms with Crippen LogP contribution in [0.15, 0.2) is 243 Å². The Morgan fingerprint density at radius 3 is 0.587 bits per heavy atom. The minimum absolute atomic E-state index is 0.186. The van der Waals surface area contributed by atoms with Crippen molar-refractivity contribution in [3.05, 3.63) is 254 Å². The third-order valence-corrected chi connectivity index (χ3v) is 18.7.